The average molecular weight is 220 g/mol. The molecule has 0 saturated heterocycles. The maximum atomic E-state index is 3.66. The third kappa shape index (κ3) is 3.38. The molecule has 2 nitrogen and oxygen atoms in total. The van der Waals surface area contributed by atoms with Gasteiger partial charge in [-0.2, -0.15) is 0 Å². The van der Waals surface area contributed by atoms with Crippen molar-refractivity contribution in [2.24, 2.45) is 0 Å². The van der Waals surface area contributed by atoms with Crippen LogP contribution in [0.15, 0.2) is 12.1 Å². The minimum absolute atomic E-state index is 0.756. The van der Waals surface area contributed by atoms with E-state index in [4.69, 9.17) is 0 Å². The monoisotopic (exact) mass is 220 g/mol. The van der Waals surface area contributed by atoms with E-state index < -0.39 is 0 Å². The molecule has 0 unspecified atom stereocenters. The summed E-state index contributed by atoms with van der Waals surface area (Å²) in [6, 6.07) is 5.20. The van der Waals surface area contributed by atoms with Gasteiger partial charge in [0.15, 0.2) is 0 Å². The molecule has 2 heteroatoms. The summed E-state index contributed by atoms with van der Waals surface area (Å²) < 4.78 is 0. The smallest absolute Gasteiger partial charge is 0.0359 e. The number of hydrogen-bond donors (Lipinski definition) is 2. The van der Waals surface area contributed by atoms with Crippen LogP contribution >= 0.6 is 0 Å². The molecule has 0 aromatic carbocycles. The predicted molar refractivity (Wildman–Crippen MR) is 68.5 cm³/mol. The van der Waals surface area contributed by atoms with Gasteiger partial charge in [-0.05, 0) is 31.4 Å². The first-order chi connectivity index (χ1) is 7.88. The van der Waals surface area contributed by atoms with Crippen molar-refractivity contribution < 1.29 is 0 Å². The van der Waals surface area contributed by atoms with E-state index in [1.54, 1.807) is 0 Å². The lowest BCUT2D eigenvalue weighted by atomic mass is 9.95. The number of aryl methyl sites for hydroxylation is 1. The van der Waals surface area contributed by atoms with Crippen LogP contribution in [0.3, 0.4) is 0 Å². The van der Waals surface area contributed by atoms with Gasteiger partial charge in [0.25, 0.3) is 0 Å². The highest BCUT2D eigenvalue weighted by molar-refractivity contribution is 5.13. The number of hydrogen-bond acceptors (Lipinski definition) is 1. The lowest BCUT2D eigenvalue weighted by molar-refractivity contribution is 0.371. The number of rotatable bonds is 5. The van der Waals surface area contributed by atoms with Crippen LogP contribution in [-0.4, -0.2) is 11.0 Å². The first-order valence-electron chi connectivity index (χ1n) is 6.78. The highest BCUT2D eigenvalue weighted by Crippen LogP contribution is 2.17. The molecule has 0 bridgehead atoms. The molecular formula is C14H24N2. The number of aromatic nitrogens is 1. The Hall–Kier alpha value is -0.760. The van der Waals surface area contributed by atoms with Gasteiger partial charge in [-0.25, -0.2) is 0 Å². The quantitative estimate of drug-likeness (QED) is 0.782. The summed E-state index contributed by atoms with van der Waals surface area (Å²) in [6.07, 6.45) is 9.36. The first kappa shape index (κ1) is 11.7. The maximum absolute atomic E-state index is 3.66. The lowest BCUT2D eigenvalue weighted by Crippen LogP contribution is -2.30. The van der Waals surface area contributed by atoms with Crippen molar-refractivity contribution in [2.75, 3.05) is 0 Å². The zero-order valence-corrected chi connectivity index (χ0v) is 10.4. The largest absolute Gasteiger partial charge is 0.361 e. The summed E-state index contributed by atoms with van der Waals surface area (Å²) in [5.41, 5.74) is 2.72. The molecule has 0 spiro atoms. The molecule has 1 saturated carbocycles. The molecule has 16 heavy (non-hydrogen) atoms. The van der Waals surface area contributed by atoms with Crippen molar-refractivity contribution in [3.05, 3.63) is 23.5 Å². The molecule has 1 aromatic heterocycles. The average Bonchev–Trinajstić information content (AvgIpc) is 2.76. The fourth-order valence-electron chi connectivity index (χ4n) is 2.57. The van der Waals surface area contributed by atoms with Crippen LogP contribution in [-0.2, 0) is 13.0 Å². The Morgan fingerprint density at radius 1 is 1.19 bits per heavy atom. The Labute approximate surface area is 98.8 Å². The summed E-state index contributed by atoms with van der Waals surface area (Å²) in [5.74, 6) is 0. The molecule has 0 radical (unpaired) electrons. The second-order valence-corrected chi connectivity index (χ2v) is 4.97. The van der Waals surface area contributed by atoms with Crippen molar-refractivity contribution in [1.82, 2.24) is 10.3 Å². The van der Waals surface area contributed by atoms with Gasteiger partial charge in [-0.15, -0.1) is 0 Å². The Morgan fingerprint density at radius 2 is 1.94 bits per heavy atom. The summed E-state index contributed by atoms with van der Waals surface area (Å²) >= 11 is 0. The van der Waals surface area contributed by atoms with Crippen LogP contribution in [0.5, 0.6) is 0 Å². The number of H-pyrrole nitrogens is 1. The minimum Gasteiger partial charge on any atom is -0.361 e. The van der Waals surface area contributed by atoms with E-state index in [1.165, 1.54) is 56.3 Å². The van der Waals surface area contributed by atoms with E-state index in [9.17, 15) is 0 Å². The third-order valence-corrected chi connectivity index (χ3v) is 3.51. The zero-order chi connectivity index (χ0) is 11.2. The van der Waals surface area contributed by atoms with Crippen LogP contribution in [0.25, 0.3) is 0 Å². The van der Waals surface area contributed by atoms with Crippen molar-refractivity contribution in [3.63, 3.8) is 0 Å². The van der Waals surface area contributed by atoms with E-state index >= 15 is 0 Å². The van der Waals surface area contributed by atoms with Crippen molar-refractivity contribution >= 4 is 0 Å². The molecule has 2 N–H and O–H groups in total. The SMILES string of the molecule is CCCc1ccc(CNC2CCCCC2)[nH]1. The molecule has 1 fully saturated rings. The van der Waals surface area contributed by atoms with Gasteiger partial charge in [0.1, 0.15) is 0 Å². The second-order valence-electron chi connectivity index (χ2n) is 4.97. The van der Waals surface area contributed by atoms with E-state index in [2.05, 4.69) is 29.4 Å². The molecular weight excluding hydrogens is 196 g/mol. The second kappa shape index (κ2) is 6.09. The van der Waals surface area contributed by atoms with E-state index in [0.29, 0.717) is 0 Å². The lowest BCUT2D eigenvalue weighted by Gasteiger charge is -2.22. The van der Waals surface area contributed by atoms with Crippen molar-refractivity contribution in [3.8, 4) is 0 Å². The van der Waals surface area contributed by atoms with Gasteiger partial charge in [-0.3, -0.25) is 0 Å². The minimum atomic E-state index is 0.756. The topological polar surface area (TPSA) is 27.8 Å². The Morgan fingerprint density at radius 3 is 2.69 bits per heavy atom. The molecule has 1 aromatic rings. The van der Waals surface area contributed by atoms with Gasteiger partial charge in [0, 0.05) is 24.0 Å². The molecule has 1 aliphatic carbocycles. The van der Waals surface area contributed by atoms with Gasteiger partial charge in [-0.1, -0.05) is 32.6 Å². The highest BCUT2D eigenvalue weighted by atomic mass is 14.9. The Kier molecular flexibility index (Phi) is 4.46. The normalized spacial score (nSPS) is 17.8. The maximum Gasteiger partial charge on any atom is 0.0359 e. The fraction of sp³-hybridized carbons (Fsp3) is 0.714. The molecule has 0 atom stereocenters. The Balaban J connectivity index is 1.75. The molecule has 0 aliphatic heterocycles. The molecule has 0 amide bonds. The number of nitrogens with one attached hydrogen (secondary N) is 2. The van der Waals surface area contributed by atoms with Gasteiger partial charge in [0.05, 0.1) is 0 Å². The van der Waals surface area contributed by atoms with Gasteiger partial charge in [0.2, 0.25) is 0 Å². The van der Waals surface area contributed by atoms with E-state index in [1.807, 2.05) is 0 Å². The molecule has 1 aliphatic rings. The molecule has 90 valence electrons. The van der Waals surface area contributed by atoms with Crippen LogP contribution in [0, 0.1) is 0 Å². The van der Waals surface area contributed by atoms with Gasteiger partial charge < -0.3 is 10.3 Å². The fourth-order valence-corrected chi connectivity index (χ4v) is 2.57. The summed E-state index contributed by atoms with van der Waals surface area (Å²) in [5, 5.41) is 3.66. The van der Waals surface area contributed by atoms with Crippen molar-refractivity contribution in [2.45, 2.75) is 64.5 Å². The van der Waals surface area contributed by atoms with Crippen LogP contribution in [0.2, 0.25) is 0 Å². The van der Waals surface area contributed by atoms with E-state index in [0.717, 1.165) is 12.6 Å². The van der Waals surface area contributed by atoms with E-state index in [-0.39, 0.29) is 0 Å². The highest BCUT2D eigenvalue weighted by Gasteiger charge is 2.12. The molecule has 1 heterocycles. The predicted octanol–water partition coefficient (Wildman–Crippen LogP) is 3.39. The van der Waals surface area contributed by atoms with Crippen LogP contribution in [0.4, 0.5) is 0 Å². The summed E-state index contributed by atoms with van der Waals surface area (Å²) in [6.45, 7) is 3.23. The Bertz CT molecular complexity index is 297. The van der Waals surface area contributed by atoms with Gasteiger partial charge >= 0.3 is 0 Å². The molecule has 2 rings (SSSR count). The number of aromatic amines is 1. The standard InChI is InChI=1S/C14H24N2/c1-2-6-13-9-10-14(16-13)11-15-12-7-4-3-5-8-12/h9-10,12,15-16H,2-8,11H2,1H3. The van der Waals surface area contributed by atoms with Crippen molar-refractivity contribution in [1.29, 1.82) is 0 Å². The first-order valence-corrected chi connectivity index (χ1v) is 6.78. The zero-order valence-electron chi connectivity index (χ0n) is 10.4. The van der Waals surface area contributed by atoms with Crippen LogP contribution in [0.1, 0.15) is 56.8 Å². The summed E-state index contributed by atoms with van der Waals surface area (Å²) in [4.78, 5) is 3.49. The third-order valence-electron chi connectivity index (χ3n) is 3.51. The summed E-state index contributed by atoms with van der Waals surface area (Å²) in [7, 11) is 0. The van der Waals surface area contributed by atoms with Crippen LogP contribution < -0.4 is 5.32 Å².